The Morgan fingerprint density at radius 1 is 0.900 bits per heavy atom. The highest BCUT2D eigenvalue weighted by atomic mass is 16.5. The predicted octanol–water partition coefficient (Wildman–Crippen LogP) is 1.37. The van der Waals surface area contributed by atoms with Crippen LogP contribution in [0.5, 0.6) is 5.75 Å². The van der Waals surface area contributed by atoms with Gasteiger partial charge in [-0.15, -0.1) is 0 Å². The standard InChI is InChI=1S/C37H45N7O6/c38-30-17-24-15-23(24)16-26-3-7-32(44(26)36(30)48)37(49)43-19-25(20-43)29-18-39-10-9-31(29)41-11-13-42(14-12-41)34(46)21-50-27-4-1-22(2-5-27)28-6-8-33(45)40-35(28)47/h1-2,4-5,9-10,18,23-26,28,30,32H,3,6-8,11-17,19-21,38H2,(H,40,45,47)/t23-,24+,26-,28?,30+,32+/m1/s1. The Bertz CT molecular complexity index is 1670. The number of carbonyl (C=O) groups excluding carboxylic acids is 5. The summed E-state index contributed by atoms with van der Waals surface area (Å²) in [5.74, 6) is 0.953. The highest BCUT2D eigenvalue weighted by Gasteiger charge is 2.51. The zero-order valence-corrected chi connectivity index (χ0v) is 28.2. The van der Waals surface area contributed by atoms with Gasteiger partial charge in [-0.1, -0.05) is 12.1 Å². The lowest BCUT2D eigenvalue weighted by Crippen LogP contribution is -2.59. The molecule has 50 heavy (non-hydrogen) atoms. The molecule has 8 rings (SSSR count). The number of nitrogens with zero attached hydrogens (tertiary/aromatic N) is 5. The molecule has 0 bridgehead atoms. The third-order valence-corrected chi connectivity index (χ3v) is 11.9. The molecule has 5 amide bonds. The fourth-order valence-corrected chi connectivity index (χ4v) is 8.85. The molecule has 1 unspecified atom stereocenters. The van der Waals surface area contributed by atoms with Crippen LogP contribution in [0.15, 0.2) is 42.7 Å². The second-order valence-electron chi connectivity index (χ2n) is 14.9. The zero-order valence-electron chi connectivity index (χ0n) is 28.2. The molecule has 13 nitrogen and oxygen atoms in total. The molecular weight excluding hydrogens is 638 g/mol. The molecule has 13 heteroatoms. The topological polar surface area (TPSA) is 158 Å². The number of hydrogen-bond donors (Lipinski definition) is 2. The molecule has 1 saturated carbocycles. The van der Waals surface area contributed by atoms with Crippen molar-refractivity contribution in [1.29, 1.82) is 0 Å². The van der Waals surface area contributed by atoms with Gasteiger partial charge in [-0.25, -0.2) is 0 Å². The second-order valence-corrected chi connectivity index (χ2v) is 14.9. The lowest BCUT2D eigenvalue weighted by Gasteiger charge is -2.44. The number of imide groups is 1. The van der Waals surface area contributed by atoms with E-state index in [0.717, 1.165) is 42.5 Å². The van der Waals surface area contributed by atoms with Gasteiger partial charge in [-0.05, 0) is 74.1 Å². The smallest absolute Gasteiger partial charge is 0.260 e. The summed E-state index contributed by atoms with van der Waals surface area (Å²) in [6, 6.07) is 8.36. The van der Waals surface area contributed by atoms with Gasteiger partial charge in [-0.2, -0.15) is 0 Å². The molecule has 0 radical (unpaired) electrons. The van der Waals surface area contributed by atoms with Crippen LogP contribution in [0.3, 0.4) is 0 Å². The molecule has 6 aliphatic rings. The van der Waals surface area contributed by atoms with Crippen LogP contribution in [0, 0.1) is 11.8 Å². The molecule has 2 aromatic rings. The van der Waals surface area contributed by atoms with E-state index in [1.165, 1.54) is 0 Å². The van der Waals surface area contributed by atoms with Crippen LogP contribution in [0.4, 0.5) is 5.69 Å². The number of nitrogens with one attached hydrogen (secondary N) is 1. The Labute approximate surface area is 291 Å². The Hall–Kier alpha value is -4.52. The van der Waals surface area contributed by atoms with E-state index in [4.69, 9.17) is 10.5 Å². The minimum Gasteiger partial charge on any atom is -0.484 e. The van der Waals surface area contributed by atoms with Gasteiger partial charge in [0.05, 0.1) is 12.0 Å². The molecule has 6 atom stereocenters. The summed E-state index contributed by atoms with van der Waals surface area (Å²) < 4.78 is 5.79. The van der Waals surface area contributed by atoms with Gasteiger partial charge < -0.3 is 30.1 Å². The first-order valence-electron chi connectivity index (χ1n) is 18.1. The molecule has 5 aliphatic heterocycles. The van der Waals surface area contributed by atoms with Crippen molar-refractivity contribution in [3.63, 3.8) is 0 Å². The zero-order chi connectivity index (χ0) is 34.5. The average Bonchev–Trinajstić information content (AvgIpc) is 3.68. The van der Waals surface area contributed by atoms with Gasteiger partial charge in [0.25, 0.3) is 5.91 Å². The molecular formula is C37H45N7O6. The van der Waals surface area contributed by atoms with Crippen molar-refractivity contribution in [2.24, 2.45) is 17.6 Å². The summed E-state index contributed by atoms with van der Waals surface area (Å²) in [6.07, 6.45) is 8.98. The number of pyridine rings is 1. The number of nitrogens with two attached hydrogens (primary N) is 1. The lowest BCUT2D eigenvalue weighted by molar-refractivity contribution is -0.149. The number of hydrogen-bond acceptors (Lipinski definition) is 9. The normalized spacial score (nSPS) is 29.7. The molecule has 5 saturated heterocycles. The van der Waals surface area contributed by atoms with Gasteiger partial charge in [0.1, 0.15) is 11.8 Å². The van der Waals surface area contributed by atoms with Crippen molar-refractivity contribution in [2.45, 2.75) is 74.9 Å². The highest BCUT2D eigenvalue weighted by molar-refractivity contribution is 6.01. The molecule has 6 heterocycles. The number of benzene rings is 1. The predicted molar refractivity (Wildman–Crippen MR) is 182 cm³/mol. The van der Waals surface area contributed by atoms with E-state index in [1.807, 2.05) is 39.1 Å². The third-order valence-electron chi connectivity index (χ3n) is 11.9. The minimum absolute atomic E-state index is 0.0438. The van der Waals surface area contributed by atoms with Gasteiger partial charge in [0, 0.05) is 81.3 Å². The van der Waals surface area contributed by atoms with Crippen molar-refractivity contribution in [3.8, 4) is 5.75 Å². The summed E-state index contributed by atoms with van der Waals surface area (Å²) in [5.41, 5.74) is 9.32. The second kappa shape index (κ2) is 13.3. The van der Waals surface area contributed by atoms with Crippen LogP contribution in [-0.4, -0.2) is 113 Å². The fraction of sp³-hybridized carbons (Fsp3) is 0.568. The first-order chi connectivity index (χ1) is 24.2. The molecule has 264 valence electrons. The molecule has 1 aromatic carbocycles. The van der Waals surface area contributed by atoms with E-state index in [9.17, 15) is 24.0 Å². The summed E-state index contributed by atoms with van der Waals surface area (Å²) in [6.45, 7) is 3.57. The Morgan fingerprint density at radius 3 is 2.42 bits per heavy atom. The van der Waals surface area contributed by atoms with E-state index in [-0.39, 0.29) is 54.0 Å². The molecule has 3 N–H and O–H groups in total. The summed E-state index contributed by atoms with van der Waals surface area (Å²) >= 11 is 0. The van der Waals surface area contributed by atoms with E-state index in [2.05, 4.69) is 15.2 Å². The maximum absolute atomic E-state index is 13.7. The van der Waals surface area contributed by atoms with Crippen molar-refractivity contribution in [2.75, 3.05) is 50.8 Å². The summed E-state index contributed by atoms with van der Waals surface area (Å²) in [5, 5.41) is 2.38. The number of aromatic nitrogens is 1. The quantitative estimate of drug-likeness (QED) is 0.412. The fourth-order valence-electron chi connectivity index (χ4n) is 8.85. The average molecular weight is 684 g/mol. The van der Waals surface area contributed by atoms with Gasteiger partial charge >= 0.3 is 0 Å². The Kier molecular flexibility index (Phi) is 8.70. The number of rotatable bonds is 7. The van der Waals surface area contributed by atoms with Crippen LogP contribution in [0.2, 0.25) is 0 Å². The van der Waals surface area contributed by atoms with E-state index in [1.54, 1.807) is 18.3 Å². The highest BCUT2D eigenvalue weighted by Crippen LogP contribution is 2.49. The number of piperazine rings is 1. The lowest BCUT2D eigenvalue weighted by atomic mass is 9.90. The number of anilines is 1. The number of piperidine rings is 1. The monoisotopic (exact) mass is 683 g/mol. The number of fused-ring (bicyclic) bond motifs is 2. The molecule has 6 fully saturated rings. The number of ether oxygens (including phenoxy) is 1. The first kappa shape index (κ1) is 32.7. The molecule has 0 spiro atoms. The van der Waals surface area contributed by atoms with Crippen LogP contribution >= 0.6 is 0 Å². The maximum Gasteiger partial charge on any atom is 0.260 e. The van der Waals surface area contributed by atoms with Crippen LogP contribution < -0.4 is 20.7 Å². The van der Waals surface area contributed by atoms with E-state index < -0.39 is 12.1 Å². The third kappa shape index (κ3) is 6.31. The van der Waals surface area contributed by atoms with E-state index in [0.29, 0.717) is 76.1 Å². The number of likely N-dealkylation sites (tertiary alicyclic amines) is 1. The molecule has 1 aromatic heterocycles. The minimum atomic E-state index is -0.502. The maximum atomic E-state index is 13.7. The summed E-state index contributed by atoms with van der Waals surface area (Å²) in [7, 11) is 0. The number of amides is 5. The van der Waals surface area contributed by atoms with Gasteiger partial charge in [-0.3, -0.25) is 34.3 Å². The van der Waals surface area contributed by atoms with Crippen LogP contribution in [0.25, 0.3) is 0 Å². The van der Waals surface area contributed by atoms with Crippen molar-refractivity contribution in [3.05, 3.63) is 53.9 Å². The summed E-state index contributed by atoms with van der Waals surface area (Å²) in [4.78, 5) is 76.0. The molecule has 1 aliphatic carbocycles. The van der Waals surface area contributed by atoms with Crippen molar-refractivity contribution in [1.82, 2.24) is 25.0 Å². The first-order valence-corrected chi connectivity index (χ1v) is 18.1. The van der Waals surface area contributed by atoms with Crippen molar-refractivity contribution < 1.29 is 28.7 Å². The van der Waals surface area contributed by atoms with Gasteiger partial charge in [0.2, 0.25) is 23.6 Å². The largest absolute Gasteiger partial charge is 0.484 e. The van der Waals surface area contributed by atoms with Crippen LogP contribution in [-0.2, 0) is 24.0 Å². The van der Waals surface area contributed by atoms with Crippen LogP contribution in [0.1, 0.15) is 67.9 Å². The number of carbonyl (C=O) groups is 5. The SMILES string of the molecule is N[C@H]1C[C@@H]2C[C@@H]2C[C@H]2CC[C@@H](C(=O)N3CC(c4cnccc4N4CCN(C(=O)COc5ccc(C6CCC(=O)NC6=O)cc5)CC4)C3)N2C1=O. The van der Waals surface area contributed by atoms with E-state index >= 15 is 0 Å². The Morgan fingerprint density at radius 2 is 1.66 bits per heavy atom. The Balaban J connectivity index is 0.822. The van der Waals surface area contributed by atoms with Crippen molar-refractivity contribution >= 4 is 35.2 Å². The van der Waals surface area contributed by atoms with Gasteiger partial charge in [0.15, 0.2) is 6.61 Å².